The van der Waals surface area contributed by atoms with Crippen LogP contribution in [0.5, 0.6) is 0 Å². The summed E-state index contributed by atoms with van der Waals surface area (Å²) >= 11 is 1.62. The van der Waals surface area contributed by atoms with Crippen molar-refractivity contribution in [3.05, 3.63) is 34.0 Å². The van der Waals surface area contributed by atoms with Gasteiger partial charge >= 0.3 is 0 Å². The predicted molar refractivity (Wildman–Crippen MR) is 87.8 cm³/mol. The Labute approximate surface area is 144 Å². The van der Waals surface area contributed by atoms with E-state index in [0.29, 0.717) is 18.8 Å². The first-order valence-electron chi connectivity index (χ1n) is 8.17. The molecule has 8 heteroatoms. The Bertz CT molecular complexity index is 702. The lowest BCUT2D eigenvalue weighted by atomic mass is 10.0. The molecule has 2 saturated heterocycles. The van der Waals surface area contributed by atoms with E-state index in [1.165, 1.54) is 0 Å². The molecule has 0 saturated carbocycles. The van der Waals surface area contributed by atoms with Crippen LogP contribution in [0.3, 0.4) is 0 Å². The summed E-state index contributed by atoms with van der Waals surface area (Å²) in [6, 6.07) is 1.77. The van der Waals surface area contributed by atoms with Crippen LogP contribution in [-0.4, -0.2) is 57.4 Å². The van der Waals surface area contributed by atoms with Crippen molar-refractivity contribution in [1.82, 2.24) is 20.1 Å². The van der Waals surface area contributed by atoms with E-state index in [9.17, 15) is 4.79 Å². The molecule has 7 nitrogen and oxygen atoms in total. The maximum atomic E-state index is 12.7. The summed E-state index contributed by atoms with van der Waals surface area (Å²) in [7, 11) is 0. The second-order valence-corrected chi connectivity index (χ2v) is 7.24. The van der Waals surface area contributed by atoms with Crippen molar-refractivity contribution in [1.29, 1.82) is 0 Å². The van der Waals surface area contributed by atoms with Gasteiger partial charge in [0.25, 0.3) is 5.91 Å². The first kappa shape index (κ1) is 15.7. The van der Waals surface area contributed by atoms with E-state index in [1.54, 1.807) is 23.6 Å². The minimum absolute atomic E-state index is 0.0383. The highest BCUT2D eigenvalue weighted by Gasteiger charge is 2.47. The lowest BCUT2D eigenvalue weighted by molar-refractivity contribution is -0.0814. The lowest BCUT2D eigenvalue weighted by Crippen LogP contribution is -2.44. The van der Waals surface area contributed by atoms with Crippen molar-refractivity contribution in [3.8, 4) is 0 Å². The minimum Gasteiger partial charge on any atom is -0.373 e. The number of thiazole rings is 1. The number of aryl methyl sites for hydroxylation is 1. The van der Waals surface area contributed by atoms with Crippen LogP contribution in [-0.2, 0) is 16.1 Å². The van der Waals surface area contributed by atoms with Crippen molar-refractivity contribution >= 4 is 17.2 Å². The molecule has 0 aliphatic carbocycles. The van der Waals surface area contributed by atoms with Gasteiger partial charge in [0.15, 0.2) is 0 Å². The van der Waals surface area contributed by atoms with Gasteiger partial charge in [-0.05, 0) is 25.8 Å². The van der Waals surface area contributed by atoms with Gasteiger partial charge in [-0.1, -0.05) is 0 Å². The number of carbonyl (C=O) groups excluding carboxylic acids is 1. The number of H-pyrrole nitrogens is 1. The molecule has 2 aliphatic heterocycles. The van der Waals surface area contributed by atoms with Crippen LogP contribution in [0.1, 0.15) is 34.0 Å². The van der Waals surface area contributed by atoms with Gasteiger partial charge in [-0.15, -0.1) is 11.3 Å². The van der Waals surface area contributed by atoms with Crippen molar-refractivity contribution in [2.75, 3.05) is 13.2 Å². The number of aromatic amines is 1. The maximum absolute atomic E-state index is 12.7. The van der Waals surface area contributed by atoms with Gasteiger partial charge in [0.1, 0.15) is 17.9 Å². The first-order valence-corrected chi connectivity index (χ1v) is 9.05. The van der Waals surface area contributed by atoms with Gasteiger partial charge in [-0.3, -0.25) is 9.89 Å². The van der Waals surface area contributed by atoms with Gasteiger partial charge in [0.2, 0.25) is 0 Å². The molecular formula is C16H20N4O3S. The highest BCUT2D eigenvalue weighted by atomic mass is 32.1. The zero-order valence-electron chi connectivity index (χ0n) is 13.5. The number of aromatic nitrogens is 3. The number of likely N-dealkylation sites (tertiary alicyclic amines) is 1. The quantitative estimate of drug-likeness (QED) is 0.911. The summed E-state index contributed by atoms with van der Waals surface area (Å²) in [4.78, 5) is 19.0. The van der Waals surface area contributed by atoms with Gasteiger partial charge < -0.3 is 14.4 Å². The number of amides is 1. The predicted octanol–water partition coefficient (Wildman–Crippen LogP) is 1.76. The van der Waals surface area contributed by atoms with E-state index < -0.39 is 0 Å². The van der Waals surface area contributed by atoms with E-state index in [-0.39, 0.29) is 24.2 Å². The van der Waals surface area contributed by atoms with Crippen LogP contribution in [0.25, 0.3) is 0 Å². The normalized spacial score (nSPS) is 26.5. The first-order chi connectivity index (χ1) is 11.7. The summed E-state index contributed by atoms with van der Waals surface area (Å²) in [5.41, 5.74) is 1.44. The zero-order valence-corrected chi connectivity index (χ0v) is 14.3. The Hall–Kier alpha value is -1.77. The second kappa shape index (κ2) is 6.62. The molecule has 24 heavy (non-hydrogen) atoms. The zero-order chi connectivity index (χ0) is 16.5. The highest BCUT2D eigenvalue weighted by Crippen LogP contribution is 2.32. The van der Waals surface area contributed by atoms with Crippen LogP contribution in [0.15, 0.2) is 17.6 Å². The molecule has 2 aromatic heterocycles. The fourth-order valence-electron chi connectivity index (χ4n) is 3.49. The van der Waals surface area contributed by atoms with Crippen LogP contribution < -0.4 is 0 Å². The van der Waals surface area contributed by atoms with Crippen LogP contribution in [0, 0.1) is 6.92 Å². The molecule has 128 valence electrons. The smallest absolute Gasteiger partial charge is 0.272 e. The van der Waals surface area contributed by atoms with Gasteiger partial charge in [0.05, 0.1) is 29.9 Å². The number of ether oxygens (including phenoxy) is 2. The minimum atomic E-state index is -0.121. The molecule has 2 aliphatic rings. The molecule has 4 rings (SSSR count). The molecule has 0 aromatic carbocycles. The fourth-order valence-corrected chi connectivity index (χ4v) is 4.08. The Morgan fingerprint density at radius 3 is 3.25 bits per heavy atom. The number of carbonyl (C=O) groups is 1. The average molecular weight is 348 g/mol. The maximum Gasteiger partial charge on any atom is 0.272 e. The lowest BCUT2D eigenvalue weighted by Gasteiger charge is -2.31. The standard InChI is InChI=1S/C16H20N4O3S/c1-10-18-11(9-24-10)8-23-14-7-20(13-3-2-6-22-15(13)14)16(21)12-4-5-17-19-12/h4-5,9,13-15H,2-3,6-8H2,1H3,(H,17,19)/t13-,14+,15+/m1/s1. The Balaban J connectivity index is 1.47. The number of nitrogens with zero attached hydrogens (tertiary/aromatic N) is 3. The van der Waals surface area contributed by atoms with E-state index in [1.807, 2.05) is 17.2 Å². The molecule has 0 bridgehead atoms. The monoisotopic (exact) mass is 348 g/mol. The molecule has 0 unspecified atom stereocenters. The molecule has 4 heterocycles. The van der Waals surface area contributed by atoms with Gasteiger partial charge in [0, 0.05) is 18.2 Å². The van der Waals surface area contributed by atoms with Crippen molar-refractivity contribution in [2.45, 2.75) is 44.6 Å². The van der Waals surface area contributed by atoms with Gasteiger partial charge in [-0.25, -0.2) is 4.98 Å². The molecule has 2 fully saturated rings. The van der Waals surface area contributed by atoms with E-state index in [2.05, 4.69) is 15.2 Å². The summed E-state index contributed by atoms with van der Waals surface area (Å²) < 4.78 is 12.0. The summed E-state index contributed by atoms with van der Waals surface area (Å²) in [5.74, 6) is -0.0383. The third-order valence-electron chi connectivity index (χ3n) is 4.58. The Morgan fingerprint density at radius 2 is 2.50 bits per heavy atom. The molecule has 0 radical (unpaired) electrons. The number of hydrogen-bond acceptors (Lipinski definition) is 6. The molecule has 1 N–H and O–H groups in total. The molecule has 3 atom stereocenters. The molecular weight excluding hydrogens is 328 g/mol. The third kappa shape index (κ3) is 2.97. The van der Waals surface area contributed by atoms with E-state index >= 15 is 0 Å². The van der Waals surface area contributed by atoms with Crippen LogP contribution in [0.2, 0.25) is 0 Å². The fraction of sp³-hybridized carbons (Fsp3) is 0.562. The number of rotatable bonds is 4. The largest absolute Gasteiger partial charge is 0.373 e. The van der Waals surface area contributed by atoms with Crippen LogP contribution in [0.4, 0.5) is 0 Å². The average Bonchev–Trinajstić information content (AvgIpc) is 3.32. The topological polar surface area (TPSA) is 80.3 Å². The van der Waals surface area contributed by atoms with E-state index in [4.69, 9.17) is 9.47 Å². The summed E-state index contributed by atoms with van der Waals surface area (Å²) in [6.45, 7) is 3.70. The molecule has 0 spiro atoms. The molecule has 2 aromatic rings. The second-order valence-electron chi connectivity index (χ2n) is 6.18. The Morgan fingerprint density at radius 1 is 1.58 bits per heavy atom. The van der Waals surface area contributed by atoms with Crippen molar-refractivity contribution in [2.24, 2.45) is 0 Å². The number of hydrogen-bond donors (Lipinski definition) is 1. The third-order valence-corrected chi connectivity index (χ3v) is 5.40. The SMILES string of the molecule is Cc1nc(CO[C@H]2CN(C(=O)c3ccn[nH]3)[C@@H]3CCCO[C@H]23)cs1. The summed E-state index contributed by atoms with van der Waals surface area (Å²) in [6.07, 6.45) is 3.32. The number of nitrogens with one attached hydrogen (secondary N) is 1. The molecule has 1 amide bonds. The van der Waals surface area contributed by atoms with Crippen LogP contribution >= 0.6 is 11.3 Å². The van der Waals surface area contributed by atoms with Gasteiger partial charge in [-0.2, -0.15) is 5.10 Å². The van der Waals surface area contributed by atoms with Crippen molar-refractivity contribution < 1.29 is 14.3 Å². The van der Waals surface area contributed by atoms with Crippen molar-refractivity contribution in [3.63, 3.8) is 0 Å². The number of fused-ring (bicyclic) bond motifs is 1. The summed E-state index contributed by atoms with van der Waals surface area (Å²) in [5, 5.41) is 9.67. The highest BCUT2D eigenvalue weighted by molar-refractivity contribution is 7.09. The van der Waals surface area contributed by atoms with E-state index in [0.717, 1.165) is 30.2 Å². The Kier molecular flexibility index (Phi) is 4.34.